The first kappa shape index (κ1) is 14.6. The van der Waals surface area contributed by atoms with Gasteiger partial charge in [-0.15, -0.1) is 0 Å². The van der Waals surface area contributed by atoms with Gasteiger partial charge < -0.3 is 19.7 Å². The Morgan fingerprint density at radius 1 is 1.48 bits per heavy atom. The highest BCUT2D eigenvalue weighted by Crippen LogP contribution is 2.31. The monoisotopic (exact) mass is 311 g/mol. The fraction of sp³-hybridized carbons (Fsp3) is 0.533. The molecule has 0 saturated heterocycles. The minimum atomic E-state index is 0.107. The maximum Gasteiger partial charge on any atom is 0.275 e. The molecule has 2 N–H and O–H groups in total. The number of carbonyl (C=O) groups excluding carboxylic acids is 1. The molecule has 0 bridgehead atoms. The van der Waals surface area contributed by atoms with E-state index >= 15 is 0 Å². The summed E-state index contributed by atoms with van der Waals surface area (Å²) in [7, 11) is 2.00. The second kappa shape index (κ2) is 6.22. The van der Waals surface area contributed by atoms with Crippen LogP contribution in [0.1, 0.15) is 24.0 Å². The number of carbonyl (C=O) groups is 1. The van der Waals surface area contributed by atoms with Crippen LogP contribution < -0.4 is 15.0 Å². The first-order valence-electron chi connectivity index (χ1n) is 7.24. The molecule has 3 rings (SSSR count). The lowest BCUT2D eigenvalue weighted by atomic mass is 10.1. The molecule has 0 aromatic heterocycles. The first-order chi connectivity index (χ1) is 10.1. The molecule has 0 radical (unpaired) electrons. The van der Waals surface area contributed by atoms with Crippen LogP contribution in [-0.2, 0) is 22.7 Å². The average Bonchev–Trinajstić information content (AvgIpc) is 3.22. The molecule has 1 amide bonds. The summed E-state index contributed by atoms with van der Waals surface area (Å²) in [5, 5.41) is 3.68. The number of nitrogens with one attached hydrogen (secondary N) is 2. The van der Waals surface area contributed by atoms with Gasteiger partial charge in [0.25, 0.3) is 5.91 Å². The van der Waals surface area contributed by atoms with Gasteiger partial charge in [-0.25, -0.2) is 0 Å². The molecule has 0 spiro atoms. The molecule has 2 aliphatic rings. The van der Waals surface area contributed by atoms with E-state index in [4.69, 9.17) is 21.1 Å². The van der Waals surface area contributed by atoms with Crippen molar-refractivity contribution in [3.8, 4) is 5.75 Å². The predicted octanol–water partition coefficient (Wildman–Crippen LogP) is 0.500. The molecular weight excluding hydrogens is 292 g/mol. The lowest BCUT2D eigenvalue weighted by molar-refractivity contribution is -0.885. The van der Waals surface area contributed by atoms with Crippen molar-refractivity contribution in [2.24, 2.45) is 0 Å². The third-order valence-corrected chi connectivity index (χ3v) is 3.87. The summed E-state index contributed by atoms with van der Waals surface area (Å²) in [6.07, 6.45) is 2.22. The molecule has 1 fully saturated rings. The Labute approximate surface area is 129 Å². The van der Waals surface area contributed by atoms with Crippen LogP contribution in [0.2, 0.25) is 5.02 Å². The maximum atomic E-state index is 11.8. The van der Waals surface area contributed by atoms with Crippen LogP contribution in [-0.4, -0.2) is 32.3 Å². The molecule has 5 nitrogen and oxygen atoms in total. The lowest BCUT2D eigenvalue weighted by Gasteiger charge is -2.22. The second-order valence-corrected chi connectivity index (χ2v) is 6.25. The number of ether oxygens (including phenoxy) is 2. The van der Waals surface area contributed by atoms with Crippen LogP contribution in [0.25, 0.3) is 0 Å². The average molecular weight is 312 g/mol. The highest BCUT2D eigenvalue weighted by molar-refractivity contribution is 6.30. The number of benzene rings is 1. The lowest BCUT2D eigenvalue weighted by Crippen LogP contribution is -3.08. The molecule has 1 aromatic carbocycles. The quantitative estimate of drug-likeness (QED) is 0.832. The third-order valence-electron chi connectivity index (χ3n) is 3.65. The SMILES string of the molecule is C[NH+](CC(=O)NC1CC1)Cc1cc(Cl)cc2c1OCOC2. The molecule has 6 heteroatoms. The molecule has 114 valence electrons. The Balaban J connectivity index is 1.65. The van der Waals surface area contributed by atoms with E-state index in [2.05, 4.69) is 5.32 Å². The van der Waals surface area contributed by atoms with Gasteiger partial charge in [0, 0.05) is 16.6 Å². The molecule has 21 heavy (non-hydrogen) atoms. The Morgan fingerprint density at radius 2 is 2.29 bits per heavy atom. The van der Waals surface area contributed by atoms with Gasteiger partial charge in [0.05, 0.1) is 19.2 Å². The Kier molecular flexibility index (Phi) is 4.33. The van der Waals surface area contributed by atoms with Crippen molar-refractivity contribution in [2.45, 2.75) is 32.0 Å². The second-order valence-electron chi connectivity index (χ2n) is 5.82. The molecule has 1 unspecified atom stereocenters. The van der Waals surface area contributed by atoms with Crippen LogP contribution >= 0.6 is 11.6 Å². The van der Waals surface area contributed by atoms with Crippen molar-refractivity contribution in [1.29, 1.82) is 0 Å². The molecule has 1 atom stereocenters. The van der Waals surface area contributed by atoms with E-state index in [-0.39, 0.29) is 12.7 Å². The smallest absolute Gasteiger partial charge is 0.275 e. The van der Waals surface area contributed by atoms with E-state index in [0.717, 1.165) is 34.6 Å². The fourth-order valence-corrected chi connectivity index (χ4v) is 2.82. The standard InChI is InChI=1S/C15H19ClN2O3/c1-18(7-14(19)17-13-2-3-13)6-10-4-12(16)5-11-8-20-9-21-15(10)11/h4-5,13H,2-3,6-9H2,1H3,(H,17,19)/p+1. The zero-order valence-corrected chi connectivity index (χ0v) is 12.8. The number of rotatable bonds is 5. The highest BCUT2D eigenvalue weighted by Gasteiger charge is 2.25. The van der Waals surface area contributed by atoms with Gasteiger partial charge in [-0.3, -0.25) is 4.79 Å². The summed E-state index contributed by atoms with van der Waals surface area (Å²) in [6, 6.07) is 4.19. The minimum absolute atomic E-state index is 0.107. The number of fused-ring (bicyclic) bond motifs is 1. The van der Waals surface area contributed by atoms with Gasteiger partial charge in [-0.1, -0.05) is 11.6 Å². The van der Waals surface area contributed by atoms with Crippen LogP contribution in [0.5, 0.6) is 5.75 Å². The number of hydrogen-bond donors (Lipinski definition) is 2. The number of likely N-dealkylation sites (N-methyl/N-ethyl adjacent to an activating group) is 1. The Morgan fingerprint density at radius 3 is 3.05 bits per heavy atom. The first-order valence-corrected chi connectivity index (χ1v) is 7.62. The molecular formula is C15H20ClN2O3+. The van der Waals surface area contributed by atoms with Crippen molar-refractivity contribution < 1.29 is 19.2 Å². The fourth-order valence-electron chi connectivity index (χ4n) is 2.56. The van der Waals surface area contributed by atoms with E-state index in [1.165, 1.54) is 0 Å². The Hall–Kier alpha value is -1.30. The Bertz CT molecular complexity index is 546. The number of halogens is 1. The van der Waals surface area contributed by atoms with Gasteiger partial charge in [-0.2, -0.15) is 0 Å². The van der Waals surface area contributed by atoms with E-state index in [0.29, 0.717) is 30.8 Å². The predicted molar refractivity (Wildman–Crippen MR) is 78.4 cm³/mol. The van der Waals surface area contributed by atoms with Crippen molar-refractivity contribution in [2.75, 3.05) is 20.4 Å². The topological polar surface area (TPSA) is 52.0 Å². The third kappa shape index (κ3) is 3.87. The summed E-state index contributed by atoms with van der Waals surface area (Å²) >= 11 is 6.15. The zero-order chi connectivity index (χ0) is 14.8. The summed E-state index contributed by atoms with van der Waals surface area (Å²) < 4.78 is 10.9. The maximum absolute atomic E-state index is 11.8. The van der Waals surface area contributed by atoms with Gasteiger partial charge in [0.15, 0.2) is 13.3 Å². The molecule has 1 aromatic rings. The van der Waals surface area contributed by atoms with E-state index in [9.17, 15) is 4.79 Å². The largest absolute Gasteiger partial charge is 0.467 e. The van der Waals surface area contributed by atoms with E-state index in [1.807, 2.05) is 19.2 Å². The van der Waals surface area contributed by atoms with Gasteiger partial charge in [0.2, 0.25) is 0 Å². The van der Waals surface area contributed by atoms with Crippen LogP contribution in [0.3, 0.4) is 0 Å². The van der Waals surface area contributed by atoms with Gasteiger partial charge in [-0.05, 0) is 25.0 Å². The minimum Gasteiger partial charge on any atom is -0.467 e. The number of hydrogen-bond acceptors (Lipinski definition) is 3. The molecule has 1 heterocycles. The highest BCUT2D eigenvalue weighted by atomic mass is 35.5. The van der Waals surface area contributed by atoms with Crippen molar-refractivity contribution >= 4 is 17.5 Å². The number of amides is 1. The van der Waals surface area contributed by atoms with E-state index in [1.54, 1.807) is 0 Å². The summed E-state index contributed by atoms with van der Waals surface area (Å²) in [4.78, 5) is 12.9. The van der Waals surface area contributed by atoms with Crippen LogP contribution in [0, 0.1) is 0 Å². The van der Waals surface area contributed by atoms with Crippen LogP contribution in [0.4, 0.5) is 0 Å². The molecule has 1 aliphatic heterocycles. The summed E-state index contributed by atoms with van der Waals surface area (Å²) in [5.41, 5.74) is 2.00. The molecule has 1 saturated carbocycles. The zero-order valence-electron chi connectivity index (χ0n) is 12.1. The molecule has 1 aliphatic carbocycles. The van der Waals surface area contributed by atoms with Crippen LogP contribution in [0.15, 0.2) is 12.1 Å². The van der Waals surface area contributed by atoms with Crippen molar-refractivity contribution in [3.63, 3.8) is 0 Å². The van der Waals surface area contributed by atoms with Crippen molar-refractivity contribution in [1.82, 2.24) is 5.32 Å². The van der Waals surface area contributed by atoms with Gasteiger partial charge in [0.1, 0.15) is 12.3 Å². The summed E-state index contributed by atoms with van der Waals surface area (Å²) in [6.45, 7) is 1.93. The van der Waals surface area contributed by atoms with Crippen molar-refractivity contribution in [3.05, 3.63) is 28.3 Å². The van der Waals surface area contributed by atoms with E-state index < -0.39 is 0 Å². The number of quaternary nitrogens is 1. The normalized spacial score (nSPS) is 18.6. The van der Waals surface area contributed by atoms with Gasteiger partial charge >= 0.3 is 0 Å². The summed E-state index contributed by atoms with van der Waals surface area (Å²) in [5.74, 6) is 0.961.